The molecule has 1 atom stereocenters. The number of nitrogens with one attached hydrogen (secondary N) is 1. The van der Waals surface area contributed by atoms with E-state index in [1.807, 2.05) is 0 Å². The van der Waals surface area contributed by atoms with Crippen molar-refractivity contribution in [3.05, 3.63) is 33.8 Å². The summed E-state index contributed by atoms with van der Waals surface area (Å²) in [5.74, 6) is 0. The molecule has 96 valence electrons. The minimum absolute atomic E-state index is 0.172. The summed E-state index contributed by atoms with van der Waals surface area (Å²) in [7, 11) is 0. The highest BCUT2D eigenvalue weighted by Crippen LogP contribution is 2.25. The molecule has 1 rings (SSSR count). The molecule has 0 heterocycles. The summed E-state index contributed by atoms with van der Waals surface area (Å²) in [5.41, 5.74) is 0.515. The van der Waals surface area contributed by atoms with Crippen molar-refractivity contribution in [2.45, 2.75) is 12.1 Å². The van der Waals surface area contributed by atoms with Gasteiger partial charge in [0.2, 0.25) is 0 Å². The number of aliphatic hydroxyl groups is 3. The first-order valence-corrected chi connectivity index (χ1v) is 5.92. The van der Waals surface area contributed by atoms with E-state index >= 15 is 0 Å². The maximum atomic E-state index is 9.90. The molecule has 0 radical (unpaired) electrons. The quantitative estimate of drug-likeness (QED) is 0.626. The van der Waals surface area contributed by atoms with Gasteiger partial charge in [0.15, 0.2) is 0 Å². The molecule has 0 aliphatic carbocycles. The Morgan fingerprint density at radius 2 is 1.82 bits per heavy atom. The Kier molecular flexibility index (Phi) is 6.19. The van der Waals surface area contributed by atoms with Crippen molar-refractivity contribution in [2.75, 3.05) is 19.8 Å². The van der Waals surface area contributed by atoms with Gasteiger partial charge >= 0.3 is 0 Å². The summed E-state index contributed by atoms with van der Waals surface area (Å²) in [6.07, 6.45) is -0.846. The molecule has 0 bridgehead atoms. The number of aliphatic hydroxyl groups excluding tert-OH is 3. The highest BCUT2D eigenvalue weighted by Gasteiger charge is 2.14. The SMILES string of the molecule is OCC(CO)NCC(O)c1cc(Cl)ccc1Cl. The Morgan fingerprint density at radius 1 is 1.18 bits per heavy atom. The Hall–Kier alpha value is -0.360. The van der Waals surface area contributed by atoms with Crippen LogP contribution in [0.4, 0.5) is 0 Å². The number of halogens is 2. The lowest BCUT2D eigenvalue weighted by atomic mass is 10.1. The van der Waals surface area contributed by atoms with Crippen LogP contribution >= 0.6 is 23.2 Å². The summed E-state index contributed by atoms with van der Waals surface area (Å²) in [5, 5.41) is 31.3. The van der Waals surface area contributed by atoms with Crippen LogP contribution in [0.15, 0.2) is 18.2 Å². The first-order chi connectivity index (χ1) is 8.08. The zero-order valence-electron chi connectivity index (χ0n) is 9.11. The van der Waals surface area contributed by atoms with Crippen molar-refractivity contribution in [1.82, 2.24) is 5.32 Å². The van der Waals surface area contributed by atoms with E-state index in [-0.39, 0.29) is 19.8 Å². The second kappa shape index (κ2) is 7.16. The van der Waals surface area contributed by atoms with Crippen LogP contribution in [0.25, 0.3) is 0 Å². The summed E-state index contributed by atoms with van der Waals surface area (Å²) < 4.78 is 0. The molecule has 1 aromatic rings. The van der Waals surface area contributed by atoms with E-state index in [2.05, 4.69) is 5.32 Å². The van der Waals surface area contributed by atoms with Gasteiger partial charge in [-0.2, -0.15) is 0 Å². The van der Waals surface area contributed by atoms with Gasteiger partial charge in [-0.1, -0.05) is 23.2 Å². The van der Waals surface area contributed by atoms with Gasteiger partial charge in [-0.25, -0.2) is 0 Å². The number of hydrogen-bond donors (Lipinski definition) is 4. The summed E-state index contributed by atoms with van der Waals surface area (Å²) in [4.78, 5) is 0. The Morgan fingerprint density at radius 3 is 2.41 bits per heavy atom. The van der Waals surface area contributed by atoms with Crippen LogP contribution in [-0.4, -0.2) is 41.1 Å². The molecule has 1 aromatic carbocycles. The Bertz CT molecular complexity index is 359. The standard InChI is InChI=1S/C11H15Cl2NO3/c12-7-1-2-10(13)9(3-7)11(17)4-14-8(5-15)6-16/h1-3,8,11,14-17H,4-6H2. The molecule has 0 amide bonds. The first-order valence-electron chi connectivity index (χ1n) is 5.16. The Labute approximate surface area is 110 Å². The monoisotopic (exact) mass is 279 g/mol. The molecule has 4 nitrogen and oxygen atoms in total. The molecule has 0 aliphatic rings. The molecule has 1 unspecified atom stereocenters. The van der Waals surface area contributed by atoms with Gasteiger partial charge in [0.05, 0.1) is 25.4 Å². The van der Waals surface area contributed by atoms with Gasteiger partial charge in [0.1, 0.15) is 0 Å². The minimum Gasteiger partial charge on any atom is -0.395 e. The lowest BCUT2D eigenvalue weighted by Gasteiger charge is -2.18. The molecule has 0 aliphatic heterocycles. The third kappa shape index (κ3) is 4.43. The zero-order chi connectivity index (χ0) is 12.8. The molecule has 6 heteroatoms. The van der Waals surface area contributed by atoms with Crippen molar-refractivity contribution in [2.24, 2.45) is 0 Å². The van der Waals surface area contributed by atoms with Crippen molar-refractivity contribution < 1.29 is 15.3 Å². The smallest absolute Gasteiger partial charge is 0.0929 e. The summed E-state index contributed by atoms with van der Waals surface area (Å²) in [6, 6.07) is 4.38. The molecule has 0 spiro atoms. The molecule has 0 aromatic heterocycles. The normalized spacial score (nSPS) is 13.1. The second-order valence-corrected chi connectivity index (χ2v) is 4.50. The first kappa shape index (κ1) is 14.7. The average molecular weight is 280 g/mol. The second-order valence-electron chi connectivity index (χ2n) is 3.65. The maximum Gasteiger partial charge on any atom is 0.0929 e. The fourth-order valence-corrected chi connectivity index (χ4v) is 1.77. The lowest BCUT2D eigenvalue weighted by molar-refractivity contribution is 0.135. The van der Waals surface area contributed by atoms with Gasteiger partial charge in [0, 0.05) is 22.2 Å². The van der Waals surface area contributed by atoms with E-state index in [9.17, 15) is 5.11 Å². The predicted molar refractivity (Wildman–Crippen MR) is 67.4 cm³/mol. The van der Waals surface area contributed by atoms with Crippen molar-refractivity contribution in [3.8, 4) is 0 Å². The summed E-state index contributed by atoms with van der Waals surface area (Å²) in [6.45, 7) is -0.231. The topological polar surface area (TPSA) is 72.7 Å². The van der Waals surface area contributed by atoms with Crippen molar-refractivity contribution in [1.29, 1.82) is 0 Å². The zero-order valence-corrected chi connectivity index (χ0v) is 10.6. The molecule has 17 heavy (non-hydrogen) atoms. The molecule has 0 saturated carbocycles. The number of benzene rings is 1. The molecule has 0 saturated heterocycles. The van der Waals surface area contributed by atoms with Crippen LogP contribution in [-0.2, 0) is 0 Å². The van der Waals surface area contributed by atoms with Crippen LogP contribution < -0.4 is 5.32 Å². The van der Waals surface area contributed by atoms with Crippen molar-refractivity contribution >= 4 is 23.2 Å². The fraction of sp³-hybridized carbons (Fsp3) is 0.455. The Balaban J connectivity index is 2.63. The van der Waals surface area contributed by atoms with E-state index in [1.165, 1.54) is 0 Å². The van der Waals surface area contributed by atoms with E-state index in [0.717, 1.165) is 0 Å². The van der Waals surface area contributed by atoms with Gasteiger partial charge in [-0.15, -0.1) is 0 Å². The third-order valence-electron chi connectivity index (χ3n) is 2.36. The van der Waals surface area contributed by atoms with Crippen LogP contribution in [0, 0.1) is 0 Å². The van der Waals surface area contributed by atoms with E-state index in [4.69, 9.17) is 33.4 Å². The molecular weight excluding hydrogens is 265 g/mol. The maximum absolute atomic E-state index is 9.90. The third-order valence-corrected chi connectivity index (χ3v) is 2.94. The highest BCUT2D eigenvalue weighted by molar-refractivity contribution is 6.33. The highest BCUT2D eigenvalue weighted by atomic mass is 35.5. The van der Waals surface area contributed by atoms with Gasteiger partial charge in [-0.05, 0) is 18.2 Å². The lowest BCUT2D eigenvalue weighted by Crippen LogP contribution is -2.38. The minimum atomic E-state index is -0.846. The number of rotatable bonds is 6. The van der Waals surface area contributed by atoms with Crippen LogP contribution in [0.5, 0.6) is 0 Å². The van der Waals surface area contributed by atoms with Crippen molar-refractivity contribution in [3.63, 3.8) is 0 Å². The van der Waals surface area contributed by atoms with Crippen LogP contribution in [0.1, 0.15) is 11.7 Å². The molecule has 0 fully saturated rings. The van der Waals surface area contributed by atoms with Gasteiger partial charge in [-0.3, -0.25) is 0 Å². The van der Waals surface area contributed by atoms with E-state index in [1.54, 1.807) is 18.2 Å². The predicted octanol–water partition coefficient (Wildman–Crippen LogP) is 0.970. The van der Waals surface area contributed by atoms with Gasteiger partial charge in [0.25, 0.3) is 0 Å². The number of hydrogen-bond acceptors (Lipinski definition) is 4. The van der Waals surface area contributed by atoms with E-state index in [0.29, 0.717) is 15.6 Å². The molecule has 4 N–H and O–H groups in total. The van der Waals surface area contributed by atoms with Crippen LogP contribution in [0.3, 0.4) is 0 Å². The fourth-order valence-electron chi connectivity index (χ4n) is 1.35. The molecular formula is C11H15Cl2NO3. The average Bonchev–Trinajstić information content (AvgIpc) is 2.33. The largest absolute Gasteiger partial charge is 0.395 e. The summed E-state index contributed by atoms with van der Waals surface area (Å²) >= 11 is 11.7. The van der Waals surface area contributed by atoms with E-state index < -0.39 is 12.1 Å². The van der Waals surface area contributed by atoms with Gasteiger partial charge < -0.3 is 20.6 Å². The van der Waals surface area contributed by atoms with Crippen LogP contribution in [0.2, 0.25) is 10.0 Å².